The molecule has 0 saturated heterocycles. The summed E-state index contributed by atoms with van der Waals surface area (Å²) in [6, 6.07) is 4.11. The zero-order chi connectivity index (χ0) is 14.0. The van der Waals surface area contributed by atoms with Crippen molar-refractivity contribution in [1.82, 2.24) is 4.90 Å². The van der Waals surface area contributed by atoms with Gasteiger partial charge in [0.15, 0.2) is 0 Å². The van der Waals surface area contributed by atoms with Crippen molar-refractivity contribution in [3.8, 4) is 0 Å². The Kier molecular flexibility index (Phi) is 3.69. The molecule has 0 atom stereocenters. The van der Waals surface area contributed by atoms with Crippen molar-refractivity contribution in [2.75, 3.05) is 12.3 Å². The van der Waals surface area contributed by atoms with Crippen LogP contribution in [0.4, 0.5) is 10.1 Å². The van der Waals surface area contributed by atoms with Crippen LogP contribution in [0.2, 0.25) is 0 Å². The molecule has 2 rings (SSSR count). The lowest BCUT2D eigenvalue weighted by atomic mass is 10.1. The Balaban J connectivity index is 2.19. The number of amides is 1. The summed E-state index contributed by atoms with van der Waals surface area (Å²) in [7, 11) is 0. The Morgan fingerprint density at radius 2 is 2.11 bits per heavy atom. The first-order chi connectivity index (χ1) is 9.00. The van der Waals surface area contributed by atoms with Crippen LogP contribution in [-0.4, -0.2) is 34.5 Å². The Morgan fingerprint density at radius 3 is 2.68 bits per heavy atom. The van der Waals surface area contributed by atoms with Gasteiger partial charge in [-0.15, -0.1) is 0 Å². The number of carbonyl (C=O) groups excluding carboxylic acids is 1. The maximum atomic E-state index is 13.3. The van der Waals surface area contributed by atoms with Gasteiger partial charge < -0.3 is 15.7 Å². The number of para-hydroxylation sites is 1. The topological polar surface area (TPSA) is 83.6 Å². The summed E-state index contributed by atoms with van der Waals surface area (Å²) in [6.45, 7) is 0.120. The van der Waals surface area contributed by atoms with E-state index in [0.29, 0.717) is 0 Å². The van der Waals surface area contributed by atoms with Crippen LogP contribution in [0, 0.1) is 5.82 Å². The molecule has 5 nitrogen and oxygen atoms in total. The molecule has 1 saturated carbocycles. The number of carboxylic acid groups (broad SMARTS) is 1. The number of rotatable bonds is 5. The lowest BCUT2D eigenvalue weighted by Crippen LogP contribution is -2.35. The summed E-state index contributed by atoms with van der Waals surface area (Å²) in [4.78, 5) is 24.4. The number of carbonyl (C=O) groups is 2. The second-order valence-electron chi connectivity index (χ2n) is 4.57. The zero-order valence-electron chi connectivity index (χ0n) is 10.3. The molecule has 0 heterocycles. The molecule has 1 fully saturated rings. The molecule has 102 valence electrons. The van der Waals surface area contributed by atoms with Crippen molar-refractivity contribution in [2.45, 2.75) is 25.3 Å². The summed E-state index contributed by atoms with van der Waals surface area (Å²) < 4.78 is 13.3. The minimum absolute atomic E-state index is 0.0505. The molecule has 0 unspecified atom stereocenters. The maximum Gasteiger partial charge on any atom is 0.305 e. The fourth-order valence-electron chi connectivity index (χ4n) is 1.93. The highest BCUT2D eigenvalue weighted by Gasteiger charge is 2.34. The fourth-order valence-corrected chi connectivity index (χ4v) is 1.93. The second-order valence-corrected chi connectivity index (χ2v) is 4.57. The summed E-state index contributed by atoms with van der Waals surface area (Å²) in [6.07, 6.45) is 1.57. The molecule has 1 amide bonds. The molecule has 1 aliphatic rings. The molecule has 3 N–H and O–H groups in total. The molecule has 6 heteroatoms. The number of hydrogen-bond acceptors (Lipinski definition) is 3. The van der Waals surface area contributed by atoms with E-state index in [1.54, 1.807) is 0 Å². The van der Waals surface area contributed by atoms with Crippen molar-refractivity contribution in [2.24, 2.45) is 0 Å². The van der Waals surface area contributed by atoms with Gasteiger partial charge >= 0.3 is 5.97 Å². The van der Waals surface area contributed by atoms with Gasteiger partial charge in [-0.2, -0.15) is 0 Å². The second kappa shape index (κ2) is 5.26. The number of nitrogen functional groups attached to an aromatic ring is 1. The van der Waals surface area contributed by atoms with Gasteiger partial charge in [0.2, 0.25) is 0 Å². The third kappa shape index (κ3) is 3.01. The van der Waals surface area contributed by atoms with E-state index in [1.807, 2.05) is 0 Å². The van der Waals surface area contributed by atoms with Crippen molar-refractivity contribution in [3.05, 3.63) is 29.6 Å². The molecule has 0 radical (unpaired) electrons. The van der Waals surface area contributed by atoms with E-state index in [9.17, 15) is 14.0 Å². The van der Waals surface area contributed by atoms with E-state index < -0.39 is 17.7 Å². The molecule has 0 aliphatic heterocycles. The monoisotopic (exact) mass is 266 g/mol. The van der Waals surface area contributed by atoms with E-state index in [4.69, 9.17) is 10.8 Å². The van der Waals surface area contributed by atoms with Crippen LogP contribution in [0.25, 0.3) is 0 Å². The molecular formula is C13H15FN2O3. The first-order valence-corrected chi connectivity index (χ1v) is 6.07. The molecular weight excluding hydrogens is 251 g/mol. The van der Waals surface area contributed by atoms with Crippen LogP contribution in [0.3, 0.4) is 0 Å². The number of halogens is 1. The number of anilines is 1. The van der Waals surface area contributed by atoms with Gasteiger partial charge in [0.05, 0.1) is 17.7 Å². The average Bonchev–Trinajstić information content (AvgIpc) is 3.17. The number of carboxylic acids is 1. The van der Waals surface area contributed by atoms with Crippen molar-refractivity contribution in [3.63, 3.8) is 0 Å². The van der Waals surface area contributed by atoms with Gasteiger partial charge in [-0.3, -0.25) is 9.59 Å². The molecule has 0 bridgehead atoms. The van der Waals surface area contributed by atoms with Crippen LogP contribution < -0.4 is 5.73 Å². The van der Waals surface area contributed by atoms with E-state index in [0.717, 1.165) is 12.8 Å². The van der Waals surface area contributed by atoms with Crippen LogP contribution in [0.1, 0.15) is 29.6 Å². The quantitative estimate of drug-likeness (QED) is 0.791. The largest absolute Gasteiger partial charge is 0.481 e. The molecule has 1 aliphatic carbocycles. The van der Waals surface area contributed by atoms with Crippen molar-refractivity contribution < 1.29 is 19.1 Å². The third-order valence-electron chi connectivity index (χ3n) is 3.10. The molecule has 1 aromatic rings. The standard InChI is InChI=1S/C13H15FN2O3/c14-10-3-1-2-9(12(10)15)13(19)16(8-4-5-8)7-6-11(17)18/h1-3,8H,4-7,15H2,(H,17,18). The Hall–Kier alpha value is -2.11. The van der Waals surface area contributed by atoms with Gasteiger partial charge in [0.25, 0.3) is 5.91 Å². The van der Waals surface area contributed by atoms with Crippen molar-refractivity contribution >= 4 is 17.6 Å². The zero-order valence-corrected chi connectivity index (χ0v) is 10.3. The first kappa shape index (κ1) is 13.3. The van der Waals surface area contributed by atoms with Gasteiger partial charge in [-0.1, -0.05) is 6.07 Å². The third-order valence-corrected chi connectivity index (χ3v) is 3.10. The Morgan fingerprint density at radius 1 is 1.42 bits per heavy atom. The van der Waals surface area contributed by atoms with Gasteiger partial charge in [0, 0.05) is 12.6 Å². The Bertz CT molecular complexity index is 515. The molecule has 1 aromatic carbocycles. The van der Waals surface area contributed by atoms with E-state index in [-0.39, 0.29) is 30.3 Å². The van der Waals surface area contributed by atoms with E-state index in [2.05, 4.69) is 0 Å². The summed E-state index contributed by atoms with van der Waals surface area (Å²) >= 11 is 0. The highest BCUT2D eigenvalue weighted by molar-refractivity contribution is 5.99. The van der Waals surface area contributed by atoms with Crippen LogP contribution in [0.5, 0.6) is 0 Å². The van der Waals surface area contributed by atoms with Gasteiger partial charge in [-0.25, -0.2) is 4.39 Å². The highest BCUT2D eigenvalue weighted by Crippen LogP contribution is 2.29. The smallest absolute Gasteiger partial charge is 0.305 e. The highest BCUT2D eigenvalue weighted by atomic mass is 19.1. The number of benzene rings is 1. The summed E-state index contributed by atoms with van der Waals surface area (Å²) in [5.41, 5.74) is 5.47. The predicted octanol–water partition coefficient (Wildman–Crippen LogP) is 1.49. The van der Waals surface area contributed by atoms with Crippen LogP contribution >= 0.6 is 0 Å². The normalized spacial score (nSPS) is 14.2. The fraction of sp³-hybridized carbons (Fsp3) is 0.385. The van der Waals surface area contributed by atoms with Gasteiger partial charge in [-0.05, 0) is 25.0 Å². The minimum atomic E-state index is -0.967. The summed E-state index contributed by atoms with van der Waals surface area (Å²) in [5, 5.41) is 8.69. The summed E-state index contributed by atoms with van der Waals surface area (Å²) in [5.74, 6) is -2.01. The lowest BCUT2D eigenvalue weighted by Gasteiger charge is -2.22. The lowest BCUT2D eigenvalue weighted by molar-refractivity contribution is -0.137. The van der Waals surface area contributed by atoms with Crippen LogP contribution in [0.15, 0.2) is 18.2 Å². The number of nitrogens with two attached hydrogens (primary N) is 1. The van der Waals surface area contributed by atoms with E-state index >= 15 is 0 Å². The molecule has 0 aromatic heterocycles. The number of aliphatic carboxylic acids is 1. The predicted molar refractivity (Wildman–Crippen MR) is 67.1 cm³/mol. The number of hydrogen-bond donors (Lipinski definition) is 2. The number of nitrogens with zero attached hydrogens (tertiary/aromatic N) is 1. The first-order valence-electron chi connectivity index (χ1n) is 6.07. The SMILES string of the molecule is Nc1c(F)cccc1C(=O)N(CCC(=O)O)C1CC1. The maximum absolute atomic E-state index is 13.3. The molecule has 19 heavy (non-hydrogen) atoms. The van der Waals surface area contributed by atoms with Gasteiger partial charge in [0.1, 0.15) is 5.82 Å². The van der Waals surface area contributed by atoms with Crippen molar-refractivity contribution in [1.29, 1.82) is 0 Å². The van der Waals surface area contributed by atoms with Crippen LogP contribution in [-0.2, 0) is 4.79 Å². The van der Waals surface area contributed by atoms with E-state index in [1.165, 1.54) is 23.1 Å². The average molecular weight is 266 g/mol. The Labute approximate surface area is 109 Å². The minimum Gasteiger partial charge on any atom is -0.481 e. The molecule has 0 spiro atoms.